The highest BCUT2D eigenvalue weighted by molar-refractivity contribution is 6.31. The van der Waals surface area contributed by atoms with Crippen molar-refractivity contribution < 1.29 is 4.79 Å². The van der Waals surface area contributed by atoms with Gasteiger partial charge in [0.2, 0.25) is 0 Å². The molecule has 1 saturated carbocycles. The lowest BCUT2D eigenvalue weighted by atomic mass is 9.86. The Morgan fingerprint density at radius 2 is 2.07 bits per heavy atom. The molecule has 1 aromatic carbocycles. The Hall–Kier alpha value is -2.93. The van der Waals surface area contributed by atoms with Crippen LogP contribution in [-0.4, -0.2) is 39.7 Å². The van der Waals surface area contributed by atoms with E-state index in [1.807, 2.05) is 0 Å². The minimum Gasteiger partial charge on any atom is -0.388 e. The Balaban J connectivity index is 1.64. The summed E-state index contributed by atoms with van der Waals surface area (Å²) in [7, 11) is 1.78. The summed E-state index contributed by atoms with van der Waals surface area (Å²) in [5.74, 6) is 0.313. The molecule has 1 aliphatic carbocycles. The molecule has 2 aromatic heterocycles. The summed E-state index contributed by atoms with van der Waals surface area (Å²) in [5, 5.41) is 15.4. The standard InChI is InChI=1S/C22H25ClN6O/c1-12-5-3-4-6-16(12)29-22(30)15-10-26-21-20(15)28-18(11-27-21)19(24)14-8-7-13(23)9-17(14)25-2/h7-12,16,24-25H,3-6H2,1-2H3,(H,26,27)(H,29,30). The fourth-order valence-electron chi connectivity index (χ4n) is 4.04. The molecule has 3 aromatic rings. The Bertz CT molecular complexity index is 1110. The number of hydrogen-bond donors (Lipinski definition) is 4. The van der Waals surface area contributed by atoms with Crippen molar-refractivity contribution in [3.8, 4) is 0 Å². The molecule has 4 N–H and O–H groups in total. The van der Waals surface area contributed by atoms with Gasteiger partial charge >= 0.3 is 0 Å². The average Bonchev–Trinajstić information content (AvgIpc) is 3.18. The van der Waals surface area contributed by atoms with Crippen molar-refractivity contribution in [3.05, 3.63) is 52.4 Å². The molecule has 2 atom stereocenters. The third kappa shape index (κ3) is 3.89. The fraction of sp³-hybridized carbons (Fsp3) is 0.364. The first-order chi connectivity index (χ1) is 14.5. The number of carbonyl (C=O) groups is 1. The zero-order valence-corrected chi connectivity index (χ0v) is 17.8. The van der Waals surface area contributed by atoms with Gasteiger partial charge in [-0.15, -0.1) is 0 Å². The van der Waals surface area contributed by atoms with Crippen LogP contribution >= 0.6 is 11.6 Å². The Labute approximate surface area is 180 Å². The van der Waals surface area contributed by atoms with Crippen molar-refractivity contribution in [1.29, 1.82) is 5.41 Å². The summed E-state index contributed by atoms with van der Waals surface area (Å²) in [6.07, 6.45) is 7.67. The molecule has 0 aliphatic heterocycles. The molecule has 1 amide bonds. The van der Waals surface area contributed by atoms with Gasteiger partial charge in [0.05, 0.1) is 17.5 Å². The first-order valence-corrected chi connectivity index (χ1v) is 10.6. The van der Waals surface area contributed by atoms with Gasteiger partial charge in [0, 0.05) is 35.6 Å². The van der Waals surface area contributed by atoms with E-state index in [0.717, 1.165) is 24.9 Å². The smallest absolute Gasteiger partial charge is 0.255 e. The van der Waals surface area contributed by atoms with Crippen molar-refractivity contribution in [2.45, 2.75) is 38.6 Å². The molecule has 0 radical (unpaired) electrons. The van der Waals surface area contributed by atoms with Gasteiger partial charge in [-0.25, -0.2) is 9.97 Å². The van der Waals surface area contributed by atoms with Crippen molar-refractivity contribution in [2.24, 2.45) is 5.92 Å². The number of rotatable bonds is 5. The number of aromatic amines is 1. The monoisotopic (exact) mass is 424 g/mol. The van der Waals surface area contributed by atoms with E-state index in [0.29, 0.717) is 38.9 Å². The van der Waals surface area contributed by atoms with Crippen LogP contribution in [0, 0.1) is 11.3 Å². The lowest BCUT2D eigenvalue weighted by Crippen LogP contribution is -2.41. The van der Waals surface area contributed by atoms with Crippen LogP contribution in [-0.2, 0) is 0 Å². The van der Waals surface area contributed by atoms with Gasteiger partial charge in [-0.3, -0.25) is 10.2 Å². The molecule has 2 unspecified atom stereocenters. The number of nitrogens with zero attached hydrogens (tertiary/aromatic N) is 2. The highest BCUT2D eigenvalue weighted by atomic mass is 35.5. The van der Waals surface area contributed by atoms with E-state index >= 15 is 0 Å². The maximum absolute atomic E-state index is 12.9. The number of nitrogens with one attached hydrogen (secondary N) is 4. The van der Waals surface area contributed by atoms with Crippen molar-refractivity contribution in [2.75, 3.05) is 12.4 Å². The third-order valence-electron chi connectivity index (χ3n) is 5.83. The first kappa shape index (κ1) is 20.3. The van der Waals surface area contributed by atoms with Crippen LogP contribution in [0.2, 0.25) is 5.02 Å². The van der Waals surface area contributed by atoms with Crippen LogP contribution in [0.5, 0.6) is 0 Å². The number of carbonyl (C=O) groups excluding carboxylic acids is 1. The Morgan fingerprint density at radius 1 is 1.27 bits per heavy atom. The van der Waals surface area contributed by atoms with Gasteiger partial charge < -0.3 is 15.6 Å². The van der Waals surface area contributed by atoms with E-state index < -0.39 is 0 Å². The second kappa shape index (κ2) is 8.44. The zero-order valence-electron chi connectivity index (χ0n) is 17.1. The fourth-order valence-corrected chi connectivity index (χ4v) is 4.21. The van der Waals surface area contributed by atoms with E-state index in [1.54, 1.807) is 37.6 Å². The summed E-state index contributed by atoms with van der Waals surface area (Å²) < 4.78 is 0. The molecule has 156 valence electrons. The van der Waals surface area contributed by atoms with Crippen LogP contribution in [0.3, 0.4) is 0 Å². The van der Waals surface area contributed by atoms with Gasteiger partial charge in [-0.2, -0.15) is 0 Å². The minimum absolute atomic E-state index is 0.152. The van der Waals surface area contributed by atoms with Crippen molar-refractivity contribution in [3.63, 3.8) is 0 Å². The van der Waals surface area contributed by atoms with Crippen LogP contribution in [0.25, 0.3) is 11.2 Å². The number of benzene rings is 1. The van der Waals surface area contributed by atoms with Gasteiger partial charge in [0.1, 0.15) is 11.2 Å². The molecule has 0 spiro atoms. The van der Waals surface area contributed by atoms with E-state index in [-0.39, 0.29) is 17.7 Å². The molecule has 8 heteroatoms. The molecule has 7 nitrogen and oxygen atoms in total. The third-order valence-corrected chi connectivity index (χ3v) is 6.06. The van der Waals surface area contributed by atoms with E-state index in [9.17, 15) is 4.79 Å². The predicted molar refractivity (Wildman–Crippen MR) is 120 cm³/mol. The molecule has 30 heavy (non-hydrogen) atoms. The maximum atomic E-state index is 12.9. The first-order valence-electron chi connectivity index (χ1n) is 10.2. The van der Waals surface area contributed by atoms with Gasteiger partial charge in [0.25, 0.3) is 5.91 Å². The molecule has 2 heterocycles. The van der Waals surface area contributed by atoms with Crippen LogP contribution in [0.15, 0.2) is 30.6 Å². The van der Waals surface area contributed by atoms with E-state index in [4.69, 9.17) is 17.0 Å². The van der Waals surface area contributed by atoms with Crippen molar-refractivity contribution >= 4 is 40.1 Å². The molecular weight excluding hydrogens is 400 g/mol. The number of amides is 1. The number of fused-ring (bicyclic) bond motifs is 1. The predicted octanol–water partition coefficient (Wildman–Crippen LogP) is 4.38. The number of halogens is 1. The lowest BCUT2D eigenvalue weighted by molar-refractivity contribution is 0.0912. The largest absolute Gasteiger partial charge is 0.388 e. The van der Waals surface area contributed by atoms with Gasteiger partial charge in [-0.1, -0.05) is 31.4 Å². The summed E-state index contributed by atoms with van der Waals surface area (Å²) in [5.41, 5.74) is 3.44. The second-order valence-electron chi connectivity index (χ2n) is 7.81. The molecule has 0 saturated heterocycles. The minimum atomic E-state index is -0.152. The zero-order chi connectivity index (χ0) is 21.3. The normalized spacial score (nSPS) is 18.9. The topological polar surface area (TPSA) is 107 Å². The molecule has 0 bridgehead atoms. The lowest BCUT2D eigenvalue weighted by Gasteiger charge is -2.29. The summed E-state index contributed by atoms with van der Waals surface area (Å²) in [6, 6.07) is 5.45. The van der Waals surface area contributed by atoms with Crippen LogP contribution in [0.4, 0.5) is 5.69 Å². The quantitative estimate of drug-likeness (QED) is 0.456. The molecule has 1 fully saturated rings. The van der Waals surface area contributed by atoms with Gasteiger partial charge in [0.15, 0.2) is 5.65 Å². The average molecular weight is 425 g/mol. The van der Waals surface area contributed by atoms with Crippen LogP contribution in [0.1, 0.15) is 54.2 Å². The number of aromatic nitrogens is 3. The summed E-state index contributed by atoms with van der Waals surface area (Å²) >= 11 is 6.07. The van der Waals surface area contributed by atoms with E-state index in [2.05, 4.69) is 32.5 Å². The van der Waals surface area contributed by atoms with E-state index in [1.165, 1.54) is 6.42 Å². The highest BCUT2D eigenvalue weighted by Gasteiger charge is 2.25. The number of H-pyrrole nitrogens is 1. The highest BCUT2D eigenvalue weighted by Crippen LogP contribution is 2.26. The maximum Gasteiger partial charge on any atom is 0.255 e. The van der Waals surface area contributed by atoms with Crippen LogP contribution < -0.4 is 10.6 Å². The van der Waals surface area contributed by atoms with Crippen molar-refractivity contribution in [1.82, 2.24) is 20.3 Å². The number of hydrogen-bond acceptors (Lipinski definition) is 5. The SMILES string of the molecule is CNc1cc(Cl)ccc1C(=N)c1cnc2[nH]cc(C(=O)NC3CCCCC3C)c2n1. The molecular formula is C22H25ClN6O. The molecule has 1 aliphatic rings. The molecule has 4 rings (SSSR count). The number of anilines is 1. The Kier molecular flexibility index (Phi) is 5.72. The second-order valence-corrected chi connectivity index (χ2v) is 8.25. The van der Waals surface area contributed by atoms with Gasteiger partial charge in [-0.05, 0) is 37.0 Å². The summed E-state index contributed by atoms with van der Waals surface area (Å²) in [4.78, 5) is 24.9. The summed E-state index contributed by atoms with van der Waals surface area (Å²) in [6.45, 7) is 2.18. The Morgan fingerprint density at radius 3 is 2.83 bits per heavy atom.